The maximum absolute atomic E-state index is 5.41. The number of hydrogen-bond donors (Lipinski definition) is 1. The largest absolute Gasteiger partial charge is 0.370 e. The first-order chi connectivity index (χ1) is 9.29. The first kappa shape index (κ1) is 13.9. The molecule has 0 aliphatic carbocycles. The van der Waals surface area contributed by atoms with Crippen molar-refractivity contribution >= 4 is 0 Å². The fourth-order valence-corrected chi connectivity index (χ4v) is 2.28. The summed E-state index contributed by atoms with van der Waals surface area (Å²) in [5, 5.41) is 0. The lowest BCUT2D eigenvalue weighted by atomic mass is 10.1. The number of morpholine rings is 1. The molecule has 2 rings (SSSR count). The van der Waals surface area contributed by atoms with E-state index in [1.165, 1.54) is 10.5 Å². The minimum absolute atomic E-state index is 0.336. The van der Waals surface area contributed by atoms with E-state index < -0.39 is 0 Å². The Bertz CT molecular complexity index is 460. The van der Waals surface area contributed by atoms with E-state index in [1.54, 1.807) is 0 Å². The van der Waals surface area contributed by atoms with Gasteiger partial charge in [-0.25, -0.2) is 0 Å². The molecule has 1 aliphatic rings. The summed E-state index contributed by atoms with van der Waals surface area (Å²) in [6.45, 7) is 9.71. The van der Waals surface area contributed by atoms with Crippen LogP contribution in [-0.2, 0) is 4.74 Å². The van der Waals surface area contributed by atoms with Crippen LogP contribution >= 0.6 is 0 Å². The van der Waals surface area contributed by atoms with Gasteiger partial charge in [-0.2, -0.15) is 0 Å². The van der Waals surface area contributed by atoms with E-state index in [0.717, 1.165) is 38.3 Å². The molecular weight excluding hydrogens is 234 g/mol. The van der Waals surface area contributed by atoms with Gasteiger partial charge in [0.05, 0.1) is 13.2 Å². The normalized spacial score (nSPS) is 17.3. The average Bonchev–Trinajstić information content (AvgIpc) is 2.46. The van der Waals surface area contributed by atoms with Gasteiger partial charge in [-0.3, -0.25) is 0 Å². The van der Waals surface area contributed by atoms with E-state index >= 15 is 0 Å². The highest BCUT2D eigenvalue weighted by Gasteiger charge is 2.21. The molecule has 0 radical (unpaired) electrons. The molecule has 1 aromatic carbocycles. The predicted molar refractivity (Wildman–Crippen MR) is 78.2 cm³/mol. The zero-order chi connectivity index (χ0) is 13.5. The smallest absolute Gasteiger partial charge is 0.153 e. The minimum atomic E-state index is 0.336. The molecule has 0 amide bonds. The Balaban J connectivity index is 2.07. The fraction of sp³-hybridized carbons (Fsp3) is 0.412. The number of rotatable bonds is 3. The van der Waals surface area contributed by atoms with E-state index in [-0.39, 0.29) is 0 Å². The van der Waals surface area contributed by atoms with Gasteiger partial charge in [-0.05, 0) is 25.0 Å². The predicted octanol–water partition coefficient (Wildman–Crippen LogP) is 1.21. The molecule has 2 heteroatoms. The number of benzene rings is 1. The van der Waals surface area contributed by atoms with Crippen LogP contribution in [-0.4, -0.2) is 32.3 Å². The Hall–Kier alpha value is -1.56. The molecule has 1 aliphatic heterocycles. The highest BCUT2D eigenvalue weighted by atomic mass is 16.5. The third kappa shape index (κ3) is 4.24. The van der Waals surface area contributed by atoms with E-state index in [0.29, 0.717) is 6.04 Å². The topological polar surface area (TPSA) is 13.7 Å². The highest BCUT2D eigenvalue weighted by molar-refractivity contribution is 5.36. The zero-order valence-corrected chi connectivity index (χ0v) is 11.6. The molecule has 0 bridgehead atoms. The van der Waals surface area contributed by atoms with Crippen molar-refractivity contribution in [3.05, 3.63) is 48.0 Å². The van der Waals surface area contributed by atoms with Crippen LogP contribution in [0.1, 0.15) is 17.5 Å². The van der Waals surface area contributed by atoms with E-state index in [2.05, 4.69) is 49.6 Å². The van der Waals surface area contributed by atoms with Crippen molar-refractivity contribution in [1.29, 1.82) is 0 Å². The maximum atomic E-state index is 5.41. The van der Waals surface area contributed by atoms with Crippen molar-refractivity contribution in [3.8, 4) is 11.8 Å². The highest BCUT2D eigenvalue weighted by Crippen LogP contribution is 2.01. The number of quaternary nitrogens is 1. The van der Waals surface area contributed by atoms with Gasteiger partial charge in [0.15, 0.2) is 6.04 Å². The first-order valence-corrected chi connectivity index (χ1v) is 6.91. The molecule has 1 aromatic rings. The number of hydrogen-bond acceptors (Lipinski definition) is 1. The SMILES string of the molecule is C=CC[C@@H](C#Cc1ccc(C)cc1)[NH+]1CCOCC1. The Morgan fingerprint density at radius 1 is 1.32 bits per heavy atom. The molecule has 0 spiro atoms. The van der Waals surface area contributed by atoms with Crippen molar-refractivity contribution in [1.82, 2.24) is 0 Å². The Kier molecular flexibility index (Phi) is 5.20. The summed E-state index contributed by atoms with van der Waals surface area (Å²) >= 11 is 0. The Morgan fingerprint density at radius 3 is 2.63 bits per heavy atom. The van der Waals surface area contributed by atoms with E-state index in [1.807, 2.05) is 6.08 Å². The fourth-order valence-electron chi connectivity index (χ4n) is 2.28. The third-order valence-electron chi connectivity index (χ3n) is 3.47. The molecule has 1 atom stereocenters. The van der Waals surface area contributed by atoms with Gasteiger partial charge >= 0.3 is 0 Å². The molecule has 0 saturated carbocycles. The van der Waals surface area contributed by atoms with Gasteiger partial charge in [0, 0.05) is 12.0 Å². The lowest BCUT2D eigenvalue weighted by Gasteiger charge is -2.27. The summed E-state index contributed by atoms with van der Waals surface area (Å²) in [7, 11) is 0. The summed E-state index contributed by atoms with van der Waals surface area (Å²) in [6, 6.07) is 8.72. The molecule has 2 nitrogen and oxygen atoms in total. The van der Waals surface area contributed by atoms with Gasteiger partial charge in [0.1, 0.15) is 13.1 Å². The summed E-state index contributed by atoms with van der Waals surface area (Å²) in [4.78, 5) is 1.52. The standard InChI is InChI=1S/C17H21NO/c1-3-4-17(18-11-13-19-14-12-18)10-9-16-7-5-15(2)6-8-16/h3,5-8,17H,1,4,11-14H2,2H3/p+1/t17-/m0/s1. The number of nitrogens with one attached hydrogen (secondary N) is 1. The Labute approximate surface area is 116 Å². The van der Waals surface area contributed by atoms with Crippen LogP contribution in [0.3, 0.4) is 0 Å². The molecule has 1 N–H and O–H groups in total. The summed E-state index contributed by atoms with van der Waals surface area (Å²) in [5.41, 5.74) is 2.36. The minimum Gasteiger partial charge on any atom is -0.370 e. The van der Waals surface area contributed by atoms with Crippen molar-refractivity contribution < 1.29 is 9.64 Å². The molecule has 1 heterocycles. The van der Waals surface area contributed by atoms with Crippen LogP contribution in [0.4, 0.5) is 0 Å². The molecule has 19 heavy (non-hydrogen) atoms. The third-order valence-corrected chi connectivity index (χ3v) is 3.47. The summed E-state index contributed by atoms with van der Waals surface area (Å²) in [5.74, 6) is 6.71. The van der Waals surface area contributed by atoms with Gasteiger partial charge in [-0.15, -0.1) is 6.58 Å². The second-order valence-electron chi connectivity index (χ2n) is 4.98. The van der Waals surface area contributed by atoms with Crippen molar-refractivity contribution in [2.75, 3.05) is 26.3 Å². The second kappa shape index (κ2) is 7.13. The molecule has 1 saturated heterocycles. The van der Waals surface area contributed by atoms with Crippen LogP contribution in [0, 0.1) is 18.8 Å². The average molecular weight is 256 g/mol. The maximum Gasteiger partial charge on any atom is 0.153 e. The Morgan fingerprint density at radius 2 is 2.00 bits per heavy atom. The number of ether oxygens (including phenoxy) is 1. The quantitative estimate of drug-likeness (QED) is 0.634. The van der Waals surface area contributed by atoms with Crippen LogP contribution in [0.15, 0.2) is 36.9 Å². The van der Waals surface area contributed by atoms with Crippen LogP contribution < -0.4 is 4.90 Å². The van der Waals surface area contributed by atoms with Crippen molar-refractivity contribution in [2.45, 2.75) is 19.4 Å². The molecule has 1 fully saturated rings. The second-order valence-corrected chi connectivity index (χ2v) is 4.98. The zero-order valence-electron chi connectivity index (χ0n) is 11.6. The van der Waals surface area contributed by atoms with Crippen molar-refractivity contribution in [2.24, 2.45) is 0 Å². The van der Waals surface area contributed by atoms with Crippen molar-refractivity contribution in [3.63, 3.8) is 0 Å². The lowest BCUT2D eigenvalue weighted by molar-refractivity contribution is -0.924. The molecule has 100 valence electrons. The molecule has 0 unspecified atom stereocenters. The number of aryl methyl sites for hydroxylation is 1. The van der Waals surface area contributed by atoms with Gasteiger partial charge in [0.2, 0.25) is 0 Å². The summed E-state index contributed by atoms with van der Waals surface area (Å²) in [6.07, 6.45) is 2.91. The van der Waals surface area contributed by atoms with Crippen LogP contribution in [0.2, 0.25) is 0 Å². The first-order valence-electron chi connectivity index (χ1n) is 6.91. The monoisotopic (exact) mass is 256 g/mol. The lowest BCUT2D eigenvalue weighted by Crippen LogP contribution is -3.17. The van der Waals surface area contributed by atoms with Crippen LogP contribution in [0.25, 0.3) is 0 Å². The van der Waals surface area contributed by atoms with E-state index in [4.69, 9.17) is 4.74 Å². The summed E-state index contributed by atoms with van der Waals surface area (Å²) < 4.78 is 5.41. The van der Waals surface area contributed by atoms with Gasteiger partial charge < -0.3 is 9.64 Å². The molecule has 0 aromatic heterocycles. The van der Waals surface area contributed by atoms with E-state index in [9.17, 15) is 0 Å². The van der Waals surface area contributed by atoms with Crippen LogP contribution in [0.5, 0.6) is 0 Å². The van der Waals surface area contributed by atoms with Gasteiger partial charge in [-0.1, -0.05) is 29.7 Å². The van der Waals surface area contributed by atoms with Gasteiger partial charge in [0.25, 0.3) is 0 Å². The molecular formula is C17H22NO+.